The van der Waals surface area contributed by atoms with Gasteiger partial charge in [-0.15, -0.1) is 0 Å². The maximum Gasteiger partial charge on any atom is 0.225 e. The Morgan fingerprint density at radius 2 is 2.17 bits per heavy atom. The molecule has 3 atom stereocenters. The predicted octanol–water partition coefficient (Wildman–Crippen LogP) is 2.62. The molecular weight excluding hydrogens is 324 g/mol. The molecule has 0 spiro atoms. The molecule has 0 radical (unpaired) electrons. The van der Waals surface area contributed by atoms with E-state index in [0.717, 1.165) is 23.6 Å². The first-order valence-corrected chi connectivity index (χ1v) is 8.48. The van der Waals surface area contributed by atoms with Crippen molar-refractivity contribution in [2.45, 2.75) is 25.8 Å². The molecule has 126 valence electrons. The van der Waals surface area contributed by atoms with Crippen molar-refractivity contribution in [3.63, 3.8) is 0 Å². The van der Waals surface area contributed by atoms with Gasteiger partial charge in [0.25, 0.3) is 0 Å². The number of carbonyl (C=O) groups excluding carboxylic acids is 1. The molecule has 5 nitrogen and oxygen atoms in total. The van der Waals surface area contributed by atoms with Crippen LogP contribution in [0.25, 0.3) is 0 Å². The normalized spacial score (nSPS) is 21.5. The summed E-state index contributed by atoms with van der Waals surface area (Å²) in [5.41, 5.74) is 2.71. The molecule has 1 aliphatic rings. The van der Waals surface area contributed by atoms with Crippen molar-refractivity contribution < 1.29 is 4.79 Å². The van der Waals surface area contributed by atoms with Crippen LogP contribution in [0.4, 0.5) is 0 Å². The lowest BCUT2D eigenvalue weighted by atomic mass is 9.91. The summed E-state index contributed by atoms with van der Waals surface area (Å²) in [7, 11) is 0. The Hall–Kier alpha value is -1.98. The van der Waals surface area contributed by atoms with E-state index < -0.39 is 0 Å². The van der Waals surface area contributed by atoms with Crippen LogP contribution < -0.4 is 10.6 Å². The third kappa shape index (κ3) is 3.74. The van der Waals surface area contributed by atoms with E-state index in [2.05, 4.69) is 20.6 Å². The second-order valence-electron chi connectivity index (χ2n) is 6.21. The Labute approximate surface area is 146 Å². The Balaban J connectivity index is 1.70. The van der Waals surface area contributed by atoms with Crippen LogP contribution in [0.2, 0.25) is 5.02 Å². The van der Waals surface area contributed by atoms with Crippen molar-refractivity contribution in [3.8, 4) is 0 Å². The molecule has 1 saturated heterocycles. The number of pyridine rings is 2. The molecule has 0 bridgehead atoms. The Bertz CT molecular complexity index is 719. The van der Waals surface area contributed by atoms with Crippen LogP contribution in [0.3, 0.4) is 0 Å². The second kappa shape index (κ2) is 7.28. The van der Waals surface area contributed by atoms with Crippen LogP contribution in [-0.2, 0) is 4.79 Å². The van der Waals surface area contributed by atoms with Crippen LogP contribution in [0.5, 0.6) is 0 Å². The van der Waals surface area contributed by atoms with Gasteiger partial charge in [-0.05, 0) is 38.1 Å². The van der Waals surface area contributed by atoms with Crippen molar-refractivity contribution >= 4 is 17.5 Å². The fraction of sp³-hybridized carbons (Fsp3) is 0.389. The van der Waals surface area contributed by atoms with Crippen LogP contribution in [0.15, 0.2) is 36.5 Å². The first-order valence-electron chi connectivity index (χ1n) is 8.10. The zero-order valence-corrected chi connectivity index (χ0v) is 14.5. The molecule has 2 aromatic rings. The summed E-state index contributed by atoms with van der Waals surface area (Å²) < 4.78 is 0. The fourth-order valence-corrected chi connectivity index (χ4v) is 3.18. The van der Waals surface area contributed by atoms with Crippen LogP contribution in [-0.4, -0.2) is 29.0 Å². The highest BCUT2D eigenvalue weighted by molar-refractivity contribution is 6.30. The van der Waals surface area contributed by atoms with Gasteiger partial charge in [0.1, 0.15) is 0 Å². The van der Waals surface area contributed by atoms with Gasteiger partial charge in [-0.2, -0.15) is 0 Å². The van der Waals surface area contributed by atoms with E-state index in [4.69, 9.17) is 11.6 Å². The predicted molar refractivity (Wildman–Crippen MR) is 93.9 cm³/mol. The molecule has 1 fully saturated rings. The number of aromatic nitrogens is 2. The SMILES string of the molecule is Cc1cccc(C(C)NC(=O)C2CNCC2c2ccc(Cl)cn2)n1. The Morgan fingerprint density at radius 1 is 1.33 bits per heavy atom. The molecule has 0 aliphatic carbocycles. The molecule has 1 aliphatic heterocycles. The molecule has 2 aromatic heterocycles. The summed E-state index contributed by atoms with van der Waals surface area (Å²) in [5, 5.41) is 6.97. The standard InChI is InChI=1S/C18H21ClN4O/c1-11-4-3-5-16(22-11)12(2)23-18(24)15-10-20-9-14(15)17-7-6-13(19)8-21-17/h3-8,12,14-15,20H,9-10H2,1-2H3,(H,23,24). The second-order valence-corrected chi connectivity index (χ2v) is 6.64. The topological polar surface area (TPSA) is 66.9 Å². The van der Waals surface area contributed by atoms with Crippen molar-refractivity contribution in [2.24, 2.45) is 5.92 Å². The molecule has 3 heterocycles. The summed E-state index contributed by atoms with van der Waals surface area (Å²) in [6.45, 7) is 5.29. The van der Waals surface area contributed by atoms with Crippen molar-refractivity contribution in [1.82, 2.24) is 20.6 Å². The highest BCUT2D eigenvalue weighted by Crippen LogP contribution is 2.28. The van der Waals surface area contributed by atoms with Gasteiger partial charge in [0.2, 0.25) is 5.91 Å². The van der Waals surface area contributed by atoms with Gasteiger partial charge in [0.05, 0.1) is 22.7 Å². The molecule has 24 heavy (non-hydrogen) atoms. The molecule has 2 N–H and O–H groups in total. The van der Waals surface area contributed by atoms with Crippen LogP contribution in [0.1, 0.15) is 36.0 Å². The lowest BCUT2D eigenvalue weighted by molar-refractivity contribution is -0.125. The summed E-state index contributed by atoms with van der Waals surface area (Å²) in [6.07, 6.45) is 1.63. The highest BCUT2D eigenvalue weighted by Gasteiger charge is 2.35. The molecule has 1 amide bonds. The molecular formula is C18H21ClN4O. The fourth-order valence-electron chi connectivity index (χ4n) is 3.07. The highest BCUT2D eigenvalue weighted by atomic mass is 35.5. The number of rotatable bonds is 4. The molecule has 0 saturated carbocycles. The first-order chi connectivity index (χ1) is 11.5. The number of halogens is 1. The Morgan fingerprint density at radius 3 is 2.88 bits per heavy atom. The van der Waals surface area contributed by atoms with Crippen molar-refractivity contribution in [1.29, 1.82) is 0 Å². The number of nitrogens with zero attached hydrogens (tertiary/aromatic N) is 2. The van der Waals surface area contributed by atoms with Gasteiger partial charge < -0.3 is 10.6 Å². The number of amides is 1. The van der Waals surface area contributed by atoms with Gasteiger partial charge in [0, 0.05) is 36.6 Å². The zero-order valence-electron chi connectivity index (χ0n) is 13.8. The van der Waals surface area contributed by atoms with Gasteiger partial charge in [-0.25, -0.2) is 0 Å². The van der Waals surface area contributed by atoms with Gasteiger partial charge in [-0.1, -0.05) is 17.7 Å². The average Bonchev–Trinajstić information content (AvgIpc) is 3.05. The number of hydrogen-bond donors (Lipinski definition) is 2. The number of carbonyl (C=O) groups is 1. The third-order valence-corrected chi connectivity index (χ3v) is 4.62. The molecule has 3 unspecified atom stereocenters. The van der Waals surface area contributed by atoms with Gasteiger partial charge >= 0.3 is 0 Å². The monoisotopic (exact) mass is 344 g/mol. The quantitative estimate of drug-likeness (QED) is 0.894. The van der Waals surface area contributed by atoms with Crippen LogP contribution in [0, 0.1) is 12.8 Å². The lowest BCUT2D eigenvalue weighted by Crippen LogP contribution is -2.36. The van der Waals surface area contributed by atoms with Gasteiger partial charge in [-0.3, -0.25) is 14.8 Å². The summed E-state index contributed by atoms with van der Waals surface area (Å²) in [6, 6.07) is 9.42. The maximum absolute atomic E-state index is 12.7. The van der Waals surface area contributed by atoms with E-state index in [1.807, 2.05) is 44.2 Å². The van der Waals surface area contributed by atoms with E-state index in [1.165, 1.54) is 0 Å². The van der Waals surface area contributed by atoms with E-state index in [9.17, 15) is 4.79 Å². The zero-order chi connectivity index (χ0) is 17.1. The molecule has 6 heteroatoms. The third-order valence-electron chi connectivity index (χ3n) is 4.39. The lowest BCUT2D eigenvalue weighted by Gasteiger charge is -2.21. The molecule has 0 aromatic carbocycles. The molecule has 3 rings (SSSR count). The largest absolute Gasteiger partial charge is 0.348 e. The van der Waals surface area contributed by atoms with E-state index in [1.54, 1.807) is 6.20 Å². The van der Waals surface area contributed by atoms with E-state index >= 15 is 0 Å². The number of aryl methyl sites for hydroxylation is 1. The van der Waals surface area contributed by atoms with Crippen molar-refractivity contribution in [3.05, 3.63) is 58.6 Å². The van der Waals surface area contributed by atoms with Gasteiger partial charge in [0.15, 0.2) is 0 Å². The maximum atomic E-state index is 12.7. The van der Waals surface area contributed by atoms with E-state index in [0.29, 0.717) is 11.6 Å². The minimum absolute atomic E-state index is 0.0255. The number of nitrogens with one attached hydrogen (secondary N) is 2. The summed E-state index contributed by atoms with van der Waals surface area (Å²) >= 11 is 5.90. The minimum atomic E-state index is -0.147. The van der Waals surface area contributed by atoms with Crippen LogP contribution >= 0.6 is 11.6 Å². The number of hydrogen-bond acceptors (Lipinski definition) is 4. The Kier molecular flexibility index (Phi) is 5.11. The summed E-state index contributed by atoms with van der Waals surface area (Å²) in [5.74, 6) is -0.0663. The minimum Gasteiger partial charge on any atom is -0.348 e. The summed E-state index contributed by atoms with van der Waals surface area (Å²) in [4.78, 5) is 21.6. The smallest absolute Gasteiger partial charge is 0.225 e. The first kappa shape index (κ1) is 16.9. The van der Waals surface area contributed by atoms with E-state index in [-0.39, 0.29) is 23.8 Å². The average molecular weight is 345 g/mol. The van der Waals surface area contributed by atoms with Crippen molar-refractivity contribution in [2.75, 3.05) is 13.1 Å².